The molecule has 0 radical (unpaired) electrons. The maximum absolute atomic E-state index is 13.2. The molecule has 5 rings (SSSR count). The molecule has 0 aliphatic carbocycles. The van der Waals surface area contributed by atoms with Crippen LogP contribution in [0.3, 0.4) is 0 Å². The van der Waals surface area contributed by atoms with Crippen molar-refractivity contribution in [2.75, 3.05) is 31.1 Å². The average Bonchev–Trinajstić information content (AvgIpc) is 3.25. The Morgan fingerprint density at radius 1 is 0.972 bits per heavy atom. The molecule has 1 amide bonds. The van der Waals surface area contributed by atoms with Crippen LogP contribution in [0.1, 0.15) is 21.5 Å². The van der Waals surface area contributed by atoms with Crippen LogP contribution >= 0.6 is 11.6 Å². The molecule has 9 nitrogen and oxygen atoms in total. The van der Waals surface area contributed by atoms with Crippen molar-refractivity contribution in [2.24, 2.45) is 14.1 Å². The van der Waals surface area contributed by atoms with Crippen molar-refractivity contribution < 1.29 is 4.79 Å². The molecule has 2 aromatic carbocycles. The molecule has 3 heterocycles. The van der Waals surface area contributed by atoms with Gasteiger partial charge in [-0.15, -0.1) is 0 Å². The van der Waals surface area contributed by atoms with E-state index >= 15 is 0 Å². The van der Waals surface area contributed by atoms with Gasteiger partial charge in [0, 0.05) is 50.9 Å². The van der Waals surface area contributed by atoms with Crippen LogP contribution in [0.2, 0.25) is 5.02 Å². The van der Waals surface area contributed by atoms with Crippen LogP contribution in [-0.2, 0) is 20.6 Å². The van der Waals surface area contributed by atoms with E-state index in [-0.39, 0.29) is 11.5 Å². The Kier molecular flexibility index (Phi) is 6.17. The smallest absolute Gasteiger partial charge is 0.332 e. The Hall–Kier alpha value is -3.85. The molecule has 4 aromatic rings. The van der Waals surface area contributed by atoms with E-state index in [0.717, 1.165) is 15.7 Å². The SMILES string of the molecule is Cc1cccc(Cn2c(N3CCN(C(=O)c4cccc(Cl)c4)CC3)nc3c2c(=O)n(C)c(=O)n3C)c1. The van der Waals surface area contributed by atoms with E-state index in [1.54, 1.807) is 36.2 Å². The molecule has 1 fully saturated rings. The molecule has 0 N–H and O–H groups in total. The molecule has 2 aromatic heterocycles. The first kappa shape index (κ1) is 23.9. The molecule has 1 aliphatic rings. The number of benzene rings is 2. The second kappa shape index (κ2) is 9.31. The standard InChI is InChI=1S/C26H27ClN6O3/c1-17-6-4-7-18(14-17)16-33-21-22(29(2)26(36)30(3)24(21)35)28-25(33)32-12-10-31(11-13-32)23(34)19-8-5-9-20(27)15-19/h4-9,14-15H,10-13,16H2,1-3H3. The summed E-state index contributed by atoms with van der Waals surface area (Å²) in [6.45, 7) is 4.53. The van der Waals surface area contributed by atoms with Gasteiger partial charge in [0.15, 0.2) is 11.2 Å². The van der Waals surface area contributed by atoms with E-state index in [9.17, 15) is 14.4 Å². The molecule has 0 atom stereocenters. The van der Waals surface area contributed by atoms with Crippen LogP contribution < -0.4 is 16.1 Å². The van der Waals surface area contributed by atoms with Crippen molar-refractivity contribution in [2.45, 2.75) is 13.5 Å². The summed E-state index contributed by atoms with van der Waals surface area (Å²) in [5.74, 6) is 0.543. The first-order chi connectivity index (χ1) is 17.2. The van der Waals surface area contributed by atoms with Gasteiger partial charge in [0.05, 0.1) is 6.54 Å². The van der Waals surface area contributed by atoms with Gasteiger partial charge in [-0.25, -0.2) is 4.79 Å². The van der Waals surface area contributed by atoms with Gasteiger partial charge >= 0.3 is 5.69 Å². The molecule has 0 spiro atoms. The van der Waals surface area contributed by atoms with Crippen molar-refractivity contribution in [3.05, 3.63) is 91.1 Å². The number of hydrogen-bond donors (Lipinski definition) is 0. The van der Waals surface area contributed by atoms with E-state index < -0.39 is 5.69 Å². The van der Waals surface area contributed by atoms with Gasteiger partial charge in [-0.2, -0.15) is 4.98 Å². The summed E-state index contributed by atoms with van der Waals surface area (Å²) in [6.07, 6.45) is 0. The zero-order chi connectivity index (χ0) is 25.6. The number of rotatable bonds is 4. The summed E-state index contributed by atoms with van der Waals surface area (Å²) in [4.78, 5) is 47.4. The number of imidazole rings is 1. The Morgan fingerprint density at radius 2 is 1.69 bits per heavy atom. The number of piperazine rings is 1. The Labute approximate surface area is 212 Å². The zero-order valence-electron chi connectivity index (χ0n) is 20.4. The minimum Gasteiger partial charge on any atom is -0.339 e. The van der Waals surface area contributed by atoms with E-state index in [4.69, 9.17) is 16.6 Å². The number of fused-ring (bicyclic) bond motifs is 1. The molecular weight excluding hydrogens is 480 g/mol. The number of nitrogens with zero attached hydrogens (tertiary/aromatic N) is 6. The van der Waals surface area contributed by atoms with Crippen molar-refractivity contribution in [3.8, 4) is 0 Å². The lowest BCUT2D eigenvalue weighted by atomic mass is 10.1. The van der Waals surface area contributed by atoms with Crippen LogP contribution in [0, 0.1) is 6.92 Å². The molecular formula is C26H27ClN6O3. The molecule has 0 unspecified atom stereocenters. The van der Waals surface area contributed by atoms with Crippen molar-refractivity contribution in [1.29, 1.82) is 0 Å². The van der Waals surface area contributed by atoms with E-state index in [0.29, 0.717) is 60.4 Å². The number of aromatic nitrogens is 4. The lowest BCUT2D eigenvalue weighted by molar-refractivity contribution is 0.0746. The second-order valence-electron chi connectivity index (χ2n) is 9.15. The number of carbonyl (C=O) groups excluding carboxylic acids is 1. The highest BCUT2D eigenvalue weighted by Crippen LogP contribution is 2.23. The lowest BCUT2D eigenvalue weighted by Gasteiger charge is -2.35. The van der Waals surface area contributed by atoms with Crippen LogP contribution in [-0.4, -0.2) is 55.7 Å². The van der Waals surface area contributed by atoms with Crippen LogP contribution in [0.5, 0.6) is 0 Å². The predicted molar refractivity (Wildman–Crippen MR) is 140 cm³/mol. The Balaban J connectivity index is 1.51. The predicted octanol–water partition coefficient (Wildman–Crippen LogP) is 2.41. The highest BCUT2D eigenvalue weighted by molar-refractivity contribution is 6.30. The number of carbonyl (C=O) groups is 1. The summed E-state index contributed by atoms with van der Waals surface area (Å²) in [5.41, 5.74) is 2.64. The van der Waals surface area contributed by atoms with E-state index in [1.807, 2.05) is 29.7 Å². The molecule has 0 bridgehead atoms. The number of hydrogen-bond acceptors (Lipinski definition) is 5. The van der Waals surface area contributed by atoms with Gasteiger partial charge in [0.2, 0.25) is 5.95 Å². The summed E-state index contributed by atoms with van der Waals surface area (Å²) in [5, 5.41) is 0.525. The third kappa shape index (κ3) is 4.19. The molecule has 10 heteroatoms. The topological polar surface area (TPSA) is 85.4 Å². The van der Waals surface area contributed by atoms with E-state index in [1.165, 1.54) is 11.6 Å². The Bertz CT molecular complexity index is 1590. The van der Waals surface area contributed by atoms with Gasteiger partial charge in [-0.05, 0) is 30.7 Å². The fourth-order valence-electron chi connectivity index (χ4n) is 4.73. The molecule has 1 aliphatic heterocycles. The van der Waals surface area contributed by atoms with Gasteiger partial charge < -0.3 is 9.80 Å². The van der Waals surface area contributed by atoms with Gasteiger partial charge in [0.25, 0.3) is 11.5 Å². The van der Waals surface area contributed by atoms with Crippen LogP contribution in [0.15, 0.2) is 58.1 Å². The number of amides is 1. The normalized spacial score (nSPS) is 14.0. The fraction of sp³-hybridized carbons (Fsp3) is 0.308. The number of aryl methyl sites for hydroxylation is 2. The quantitative estimate of drug-likeness (QED) is 0.424. The second-order valence-corrected chi connectivity index (χ2v) is 9.59. The van der Waals surface area contributed by atoms with Gasteiger partial charge in [-0.3, -0.25) is 23.3 Å². The lowest BCUT2D eigenvalue weighted by Crippen LogP contribution is -2.49. The maximum atomic E-state index is 13.2. The summed E-state index contributed by atoms with van der Waals surface area (Å²) >= 11 is 6.07. The highest BCUT2D eigenvalue weighted by Gasteiger charge is 2.27. The summed E-state index contributed by atoms with van der Waals surface area (Å²) in [7, 11) is 3.10. The molecule has 1 saturated heterocycles. The molecule has 0 saturated carbocycles. The van der Waals surface area contributed by atoms with Gasteiger partial charge in [-0.1, -0.05) is 47.5 Å². The van der Waals surface area contributed by atoms with Crippen LogP contribution in [0.4, 0.5) is 5.95 Å². The van der Waals surface area contributed by atoms with Crippen molar-refractivity contribution in [3.63, 3.8) is 0 Å². The minimum atomic E-state index is -0.420. The van der Waals surface area contributed by atoms with Crippen molar-refractivity contribution >= 4 is 34.6 Å². The maximum Gasteiger partial charge on any atom is 0.332 e. The Morgan fingerprint density at radius 3 is 2.39 bits per heavy atom. The highest BCUT2D eigenvalue weighted by atomic mass is 35.5. The van der Waals surface area contributed by atoms with Gasteiger partial charge in [0.1, 0.15) is 0 Å². The first-order valence-electron chi connectivity index (χ1n) is 11.8. The third-order valence-electron chi connectivity index (χ3n) is 6.67. The summed E-state index contributed by atoms with van der Waals surface area (Å²) in [6, 6.07) is 15.0. The molecule has 186 valence electrons. The zero-order valence-corrected chi connectivity index (χ0v) is 21.2. The monoisotopic (exact) mass is 506 g/mol. The average molecular weight is 507 g/mol. The van der Waals surface area contributed by atoms with E-state index in [2.05, 4.69) is 11.0 Å². The first-order valence-corrected chi connectivity index (χ1v) is 12.1. The van der Waals surface area contributed by atoms with Crippen molar-refractivity contribution in [1.82, 2.24) is 23.6 Å². The minimum absolute atomic E-state index is 0.0679. The third-order valence-corrected chi connectivity index (χ3v) is 6.91. The summed E-state index contributed by atoms with van der Waals surface area (Å²) < 4.78 is 4.41. The van der Waals surface area contributed by atoms with Crippen LogP contribution in [0.25, 0.3) is 11.2 Å². The fourth-order valence-corrected chi connectivity index (χ4v) is 4.92. The number of halogens is 1. The molecule has 36 heavy (non-hydrogen) atoms. The number of anilines is 1. The largest absolute Gasteiger partial charge is 0.339 e.